The molecular formula is C17H18N2O3S. The van der Waals surface area contributed by atoms with E-state index in [4.69, 9.17) is 9.47 Å². The first kappa shape index (κ1) is 15.7. The average Bonchev–Trinajstić information content (AvgIpc) is 2.60. The van der Waals surface area contributed by atoms with Gasteiger partial charge in [-0.15, -0.1) is 11.8 Å². The molecule has 0 bridgehead atoms. The van der Waals surface area contributed by atoms with Crippen LogP contribution in [-0.2, 0) is 11.3 Å². The normalized spacial score (nSPS) is 16.1. The molecule has 0 unspecified atom stereocenters. The lowest BCUT2D eigenvalue weighted by Gasteiger charge is -2.24. The Bertz CT molecular complexity index is 693. The Morgan fingerprint density at radius 1 is 1.43 bits per heavy atom. The van der Waals surface area contributed by atoms with E-state index in [2.05, 4.69) is 10.3 Å². The van der Waals surface area contributed by atoms with Crippen LogP contribution in [0.5, 0.6) is 11.6 Å². The second-order valence-electron chi connectivity index (χ2n) is 5.02. The number of thioether (sulfide) groups is 1. The number of hydrogen-bond acceptors (Lipinski definition) is 5. The zero-order valence-corrected chi connectivity index (χ0v) is 13.6. The molecule has 1 aliphatic heterocycles. The molecule has 1 aromatic heterocycles. The molecule has 1 atom stereocenters. The summed E-state index contributed by atoms with van der Waals surface area (Å²) in [5.41, 5.74) is 0.945. The maximum absolute atomic E-state index is 12.3. The summed E-state index contributed by atoms with van der Waals surface area (Å²) >= 11 is 1.64. The largest absolute Gasteiger partial charge is 0.479 e. The third kappa shape index (κ3) is 3.96. The van der Waals surface area contributed by atoms with Crippen molar-refractivity contribution in [2.75, 3.05) is 12.4 Å². The molecule has 6 heteroatoms. The van der Waals surface area contributed by atoms with Crippen molar-refractivity contribution >= 4 is 17.7 Å². The van der Waals surface area contributed by atoms with Crippen LogP contribution in [0.4, 0.5) is 0 Å². The molecule has 1 N–H and O–H groups in total. The molecule has 5 nitrogen and oxygen atoms in total. The molecule has 3 rings (SSSR count). The van der Waals surface area contributed by atoms with Gasteiger partial charge in [-0.05, 0) is 30.7 Å². The topological polar surface area (TPSA) is 60.5 Å². The third-order valence-corrected chi connectivity index (χ3v) is 4.48. The number of carbonyl (C=O) groups is 1. The number of nitrogens with zero attached hydrogens (tertiary/aromatic N) is 1. The fraction of sp³-hybridized carbons (Fsp3) is 0.294. The van der Waals surface area contributed by atoms with E-state index in [1.54, 1.807) is 18.0 Å². The van der Waals surface area contributed by atoms with Crippen LogP contribution in [0.2, 0.25) is 0 Å². The number of pyridine rings is 1. The van der Waals surface area contributed by atoms with Crippen LogP contribution in [0, 0.1) is 0 Å². The Balaban J connectivity index is 1.57. The highest BCUT2D eigenvalue weighted by molar-refractivity contribution is 7.99. The maximum atomic E-state index is 12.3. The predicted molar refractivity (Wildman–Crippen MR) is 88.8 cm³/mol. The van der Waals surface area contributed by atoms with Gasteiger partial charge in [-0.2, -0.15) is 0 Å². The molecular weight excluding hydrogens is 312 g/mol. The van der Waals surface area contributed by atoms with Gasteiger partial charge in [0.2, 0.25) is 5.88 Å². The molecule has 0 saturated carbocycles. The number of ether oxygens (including phenoxy) is 2. The Hall–Kier alpha value is -2.21. The minimum absolute atomic E-state index is 0.109. The highest BCUT2D eigenvalue weighted by Gasteiger charge is 2.26. The molecule has 23 heavy (non-hydrogen) atoms. The van der Waals surface area contributed by atoms with Crippen molar-refractivity contribution in [3.05, 3.63) is 48.2 Å². The number of nitrogens with one attached hydrogen (secondary N) is 1. The lowest BCUT2D eigenvalue weighted by Crippen LogP contribution is -2.41. The highest BCUT2D eigenvalue weighted by Crippen LogP contribution is 2.34. The summed E-state index contributed by atoms with van der Waals surface area (Å²) in [5, 5.41) is 2.91. The number of rotatable bonds is 5. The third-order valence-electron chi connectivity index (χ3n) is 3.36. The van der Waals surface area contributed by atoms with Gasteiger partial charge in [0.15, 0.2) is 6.10 Å². The molecule has 0 spiro atoms. The van der Waals surface area contributed by atoms with E-state index in [1.165, 1.54) is 0 Å². The van der Waals surface area contributed by atoms with Crippen molar-refractivity contribution in [1.29, 1.82) is 0 Å². The Kier molecular flexibility index (Phi) is 5.02. The summed E-state index contributed by atoms with van der Waals surface area (Å²) in [4.78, 5) is 17.5. The van der Waals surface area contributed by atoms with Gasteiger partial charge in [0.05, 0.1) is 6.61 Å². The first-order chi connectivity index (χ1) is 11.3. The maximum Gasteiger partial charge on any atom is 0.262 e. The van der Waals surface area contributed by atoms with Gasteiger partial charge in [0.25, 0.3) is 5.91 Å². The van der Waals surface area contributed by atoms with Gasteiger partial charge in [0, 0.05) is 29.5 Å². The van der Waals surface area contributed by atoms with Crippen molar-refractivity contribution in [1.82, 2.24) is 10.3 Å². The standard InChI is InChI=1S/C17H18N2O3S/c1-2-21-16-9-12(7-8-18-16)10-19-17(20)14-11-23-15-6-4-3-5-13(15)22-14/h3-9,14H,2,10-11H2,1H3,(H,19,20)/t14-/m0/s1. The van der Waals surface area contributed by atoms with E-state index in [-0.39, 0.29) is 5.91 Å². The summed E-state index contributed by atoms with van der Waals surface area (Å²) in [5.74, 6) is 1.84. The molecule has 1 aromatic carbocycles. The summed E-state index contributed by atoms with van der Waals surface area (Å²) in [7, 11) is 0. The fourth-order valence-corrected chi connectivity index (χ4v) is 3.22. The first-order valence-electron chi connectivity index (χ1n) is 7.50. The van der Waals surface area contributed by atoms with Crippen LogP contribution in [0.25, 0.3) is 0 Å². The van der Waals surface area contributed by atoms with Crippen molar-refractivity contribution < 1.29 is 14.3 Å². The van der Waals surface area contributed by atoms with Crippen molar-refractivity contribution in [2.45, 2.75) is 24.5 Å². The van der Waals surface area contributed by atoms with Crippen LogP contribution in [0.1, 0.15) is 12.5 Å². The van der Waals surface area contributed by atoms with Gasteiger partial charge >= 0.3 is 0 Å². The van der Waals surface area contributed by atoms with Gasteiger partial charge in [0.1, 0.15) is 5.75 Å². The lowest BCUT2D eigenvalue weighted by molar-refractivity contribution is -0.127. The zero-order chi connectivity index (χ0) is 16.1. The Labute approximate surface area is 139 Å². The molecule has 2 heterocycles. The molecule has 1 amide bonds. The van der Waals surface area contributed by atoms with E-state index in [1.807, 2.05) is 43.3 Å². The first-order valence-corrected chi connectivity index (χ1v) is 8.48. The molecule has 0 fully saturated rings. The Morgan fingerprint density at radius 3 is 3.17 bits per heavy atom. The number of fused-ring (bicyclic) bond motifs is 1. The van der Waals surface area contributed by atoms with Crippen LogP contribution >= 0.6 is 11.8 Å². The second kappa shape index (κ2) is 7.37. The fourth-order valence-electron chi connectivity index (χ4n) is 2.24. The van der Waals surface area contributed by atoms with Crippen LogP contribution in [-0.4, -0.2) is 29.4 Å². The number of aromatic nitrogens is 1. The number of para-hydroxylation sites is 1. The molecule has 1 aliphatic rings. The molecule has 120 valence electrons. The number of carbonyl (C=O) groups excluding carboxylic acids is 1. The smallest absolute Gasteiger partial charge is 0.262 e. The second-order valence-corrected chi connectivity index (χ2v) is 6.08. The SMILES string of the molecule is CCOc1cc(CNC(=O)[C@@H]2CSc3ccccc3O2)ccn1. The van der Waals surface area contributed by atoms with Gasteiger partial charge in [-0.1, -0.05) is 12.1 Å². The predicted octanol–water partition coefficient (Wildman–Crippen LogP) is 2.65. The summed E-state index contributed by atoms with van der Waals surface area (Å²) in [6, 6.07) is 11.4. The van der Waals surface area contributed by atoms with E-state index in [0.29, 0.717) is 24.8 Å². The summed E-state index contributed by atoms with van der Waals surface area (Å²) in [6.07, 6.45) is 1.21. The molecule has 0 radical (unpaired) electrons. The number of amides is 1. The molecule has 0 saturated heterocycles. The minimum atomic E-state index is -0.469. The van der Waals surface area contributed by atoms with Gasteiger partial charge < -0.3 is 14.8 Å². The average molecular weight is 330 g/mol. The quantitative estimate of drug-likeness (QED) is 0.913. The molecule has 0 aliphatic carbocycles. The van der Waals surface area contributed by atoms with Crippen molar-refractivity contribution in [3.8, 4) is 11.6 Å². The Morgan fingerprint density at radius 2 is 2.30 bits per heavy atom. The number of benzene rings is 1. The van der Waals surface area contributed by atoms with Gasteiger partial charge in [-0.25, -0.2) is 4.98 Å². The van der Waals surface area contributed by atoms with Crippen LogP contribution in [0.15, 0.2) is 47.5 Å². The lowest BCUT2D eigenvalue weighted by atomic mass is 10.2. The molecule has 2 aromatic rings. The monoisotopic (exact) mass is 330 g/mol. The van der Waals surface area contributed by atoms with Gasteiger partial charge in [-0.3, -0.25) is 4.79 Å². The van der Waals surface area contributed by atoms with E-state index >= 15 is 0 Å². The van der Waals surface area contributed by atoms with E-state index in [0.717, 1.165) is 16.2 Å². The van der Waals surface area contributed by atoms with Crippen LogP contribution in [0.3, 0.4) is 0 Å². The van der Waals surface area contributed by atoms with Crippen molar-refractivity contribution in [3.63, 3.8) is 0 Å². The van der Waals surface area contributed by atoms with Crippen LogP contribution < -0.4 is 14.8 Å². The minimum Gasteiger partial charge on any atom is -0.479 e. The zero-order valence-electron chi connectivity index (χ0n) is 12.8. The summed E-state index contributed by atoms with van der Waals surface area (Å²) < 4.78 is 11.1. The van der Waals surface area contributed by atoms with E-state index in [9.17, 15) is 4.79 Å². The number of hydrogen-bond donors (Lipinski definition) is 1. The van der Waals surface area contributed by atoms with E-state index < -0.39 is 6.10 Å². The summed E-state index contributed by atoms with van der Waals surface area (Å²) in [6.45, 7) is 2.90. The van der Waals surface area contributed by atoms with Crippen molar-refractivity contribution in [2.24, 2.45) is 0 Å². The highest BCUT2D eigenvalue weighted by atomic mass is 32.2.